The normalized spacial score (nSPS) is 30.5. The summed E-state index contributed by atoms with van der Waals surface area (Å²) in [5.74, 6) is 0. The standard InChI is InChI=1S/C15H29NO2/c1-3-16-12-14(2,17)11-13-7-10-15(18-13)8-5-4-6-9-15/h13,16-17H,3-12H2,1-2H3. The van der Waals surface area contributed by atoms with Crippen LogP contribution in [0.2, 0.25) is 0 Å². The quantitative estimate of drug-likeness (QED) is 0.793. The van der Waals surface area contributed by atoms with Gasteiger partial charge < -0.3 is 15.2 Å². The van der Waals surface area contributed by atoms with E-state index in [0.29, 0.717) is 6.54 Å². The highest BCUT2D eigenvalue weighted by molar-refractivity contribution is 4.93. The predicted molar refractivity (Wildman–Crippen MR) is 73.7 cm³/mol. The third-order valence-corrected chi connectivity index (χ3v) is 4.53. The smallest absolute Gasteiger partial charge is 0.0768 e. The Kier molecular flexibility index (Phi) is 4.68. The molecule has 0 amide bonds. The van der Waals surface area contributed by atoms with Crippen molar-refractivity contribution in [3.63, 3.8) is 0 Å². The number of likely N-dealkylation sites (N-methyl/N-ethyl adjacent to an activating group) is 1. The molecule has 1 saturated carbocycles. The van der Waals surface area contributed by atoms with Crippen molar-refractivity contribution in [2.75, 3.05) is 13.1 Å². The summed E-state index contributed by atoms with van der Waals surface area (Å²) >= 11 is 0. The summed E-state index contributed by atoms with van der Waals surface area (Å²) in [6.07, 6.45) is 9.84. The van der Waals surface area contributed by atoms with Crippen LogP contribution in [0, 0.1) is 0 Å². The number of aliphatic hydroxyl groups is 1. The van der Waals surface area contributed by atoms with Crippen LogP contribution in [-0.2, 0) is 4.74 Å². The Morgan fingerprint density at radius 2 is 2.00 bits per heavy atom. The summed E-state index contributed by atoms with van der Waals surface area (Å²) in [5, 5.41) is 13.6. The number of rotatable bonds is 5. The van der Waals surface area contributed by atoms with Crippen LogP contribution in [0.1, 0.15) is 65.2 Å². The maximum Gasteiger partial charge on any atom is 0.0768 e. The number of hydrogen-bond acceptors (Lipinski definition) is 3. The Morgan fingerprint density at radius 1 is 1.28 bits per heavy atom. The van der Waals surface area contributed by atoms with E-state index >= 15 is 0 Å². The molecule has 2 fully saturated rings. The van der Waals surface area contributed by atoms with Crippen LogP contribution >= 0.6 is 0 Å². The third-order valence-electron chi connectivity index (χ3n) is 4.53. The molecule has 0 aromatic rings. The summed E-state index contributed by atoms with van der Waals surface area (Å²) in [6, 6.07) is 0. The average molecular weight is 255 g/mol. The molecule has 0 aromatic carbocycles. The van der Waals surface area contributed by atoms with Crippen molar-refractivity contribution in [3.8, 4) is 0 Å². The molecule has 0 bridgehead atoms. The molecule has 0 aromatic heterocycles. The molecular formula is C15H29NO2. The van der Waals surface area contributed by atoms with E-state index in [0.717, 1.165) is 19.4 Å². The second kappa shape index (κ2) is 5.89. The van der Waals surface area contributed by atoms with Crippen LogP contribution < -0.4 is 5.32 Å². The van der Waals surface area contributed by atoms with Crippen molar-refractivity contribution in [2.24, 2.45) is 0 Å². The molecule has 1 aliphatic heterocycles. The van der Waals surface area contributed by atoms with Crippen LogP contribution in [0.4, 0.5) is 0 Å². The minimum Gasteiger partial charge on any atom is -0.389 e. The Bertz CT molecular complexity index is 259. The van der Waals surface area contributed by atoms with Gasteiger partial charge >= 0.3 is 0 Å². The lowest BCUT2D eigenvalue weighted by Gasteiger charge is -2.34. The Hall–Kier alpha value is -0.120. The van der Waals surface area contributed by atoms with Gasteiger partial charge in [-0.05, 0) is 39.2 Å². The summed E-state index contributed by atoms with van der Waals surface area (Å²) in [4.78, 5) is 0. The summed E-state index contributed by atoms with van der Waals surface area (Å²) < 4.78 is 6.32. The van der Waals surface area contributed by atoms with Gasteiger partial charge in [-0.25, -0.2) is 0 Å². The zero-order valence-electron chi connectivity index (χ0n) is 12.0. The highest BCUT2D eigenvalue weighted by atomic mass is 16.5. The fraction of sp³-hybridized carbons (Fsp3) is 1.00. The maximum absolute atomic E-state index is 10.4. The molecular weight excluding hydrogens is 226 g/mol. The zero-order valence-corrected chi connectivity index (χ0v) is 12.0. The Morgan fingerprint density at radius 3 is 2.67 bits per heavy atom. The lowest BCUT2D eigenvalue weighted by molar-refractivity contribution is -0.0888. The molecule has 1 saturated heterocycles. The van der Waals surface area contributed by atoms with Crippen molar-refractivity contribution >= 4 is 0 Å². The van der Waals surface area contributed by atoms with E-state index in [-0.39, 0.29) is 11.7 Å². The van der Waals surface area contributed by atoms with Gasteiger partial charge in [0.05, 0.1) is 17.3 Å². The van der Waals surface area contributed by atoms with Gasteiger partial charge in [0.2, 0.25) is 0 Å². The van der Waals surface area contributed by atoms with Gasteiger partial charge in [0, 0.05) is 13.0 Å². The van der Waals surface area contributed by atoms with Crippen molar-refractivity contribution in [3.05, 3.63) is 0 Å². The van der Waals surface area contributed by atoms with Gasteiger partial charge in [0.25, 0.3) is 0 Å². The fourth-order valence-electron chi connectivity index (χ4n) is 3.56. The third kappa shape index (κ3) is 3.69. The molecule has 2 rings (SSSR count). The molecule has 2 atom stereocenters. The maximum atomic E-state index is 10.4. The summed E-state index contributed by atoms with van der Waals surface area (Å²) in [7, 11) is 0. The number of hydrogen-bond donors (Lipinski definition) is 2. The van der Waals surface area contributed by atoms with E-state index in [1.807, 2.05) is 6.92 Å². The van der Waals surface area contributed by atoms with Crippen LogP contribution in [0.3, 0.4) is 0 Å². The van der Waals surface area contributed by atoms with Gasteiger partial charge in [-0.1, -0.05) is 26.2 Å². The lowest BCUT2D eigenvalue weighted by Crippen LogP contribution is -2.41. The van der Waals surface area contributed by atoms with Gasteiger partial charge in [-0.3, -0.25) is 0 Å². The van der Waals surface area contributed by atoms with Gasteiger partial charge in [0.1, 0.15) is 0 Å². The molecule has 0 radical (unpaired) electrons. The molecule has 1 heterocycles. The molecule has 2 unspecified atom stereocenters. The molecule has 106 valence electrons. The first kappa shape index (κ1) is 14.3. The second-order valence-electron chi connectivity index (χ2n) is 6.50. The predicted octanol–water partition coefficient (Wildman–Crippen LogP) is 2.62. The Balaban J connectivity index is 1.81. The number of ether oxygens (including phenoxy) is 1. The van der Waals surface area contributed by atoms with E-state index < -0.39 is 5.60 Å². The molecule has 3 heteroatoms. The van der Waals surface area contributed by atoms with E-state index in [4.69, 9.17) is 4.74 Å². The monoisotopic (exact) mass is 255 g/mol. The minimum absolute atomic E-state index is 0.178. The highest BCUT2D eigenvalue weighted by Gasteiger charge is 2.42. The van der Waals surface area contributed by atoms with Crippen molar-refractivity contribution in [1.29, 1.82) is 0 Å². The first-order valence-corrected chi connectivity index (χ1v) is 7.66. The van der Waals surface area contributed by atoms with Gasteiger partial charge in [-0.2, -0.15) is 0 Å². The van der Waals surface area contributed by atoms with Crippen molar-refractivity contribution in [1.82, 2.24) is 5.32 Å². The van der Waals surface area contributed by atoms with Crippen LogP contribution in [-0.4, -0.2) is 35.5 Å². The average Bonchev–Trinajstić information content (AvgIpc) is 2.70. The minimum atomic E-state index is -0.638. The summed E-state index contributed by atoms with van der Waals surface area (Å²) in [5.41, 5.74) is -0.460. The summed E-state index contributed by atoms with van der Waals surface area (Å²) in [6.45, 7) is 5.56. The Labute approximate surface area is 111 Å². The van der Waals surface area contributed by atoms with Crippen LogP contribution in [0.15, 0.2) is 0 Å². The fourth-order valence-corrected chi connectivity index (χ4v) is 3.56. The molecule has 3 nitrogen and oxygen atoms in total. The SMILES string of the molecule is CCNCC(C)(O)CC1CCC2(CCCCC2)O1. The van der Waals surface area contributed by atoms with Crippen LogP contribution in [0.5, 0.6) is 0 Å². The van der Waals surface area contributed by atoms with E-state index in [1.54, 1.807) is 0 Å². The lowest BCUT2D eigenvalue weighted by atomic mass is 9.83. The molecule has 18 heavy (non-hydrogen) atoms. The molecule has 1 aliphatic carbocycles. The molecule has 2 N–H and O–H groups in total. The van der Waals surface area contributed by atoms with Crippen molar-refractivity contribution in [2.45, 2.75) is 82.5 Å². The van der Waals surface area contributed by atoms with Gasteiger partial charge in [-0.15, -0.1) is 0 Å². The zero-order chi connectivity index (χ0) is 13.1. The van der Waals surface area contributed by atoms with E-state index in [9.17, 15) is 5.11 Å². The first-order chi connectivity index (χ1) is 8.55. The highest BCUT2D eigenvalue weighted by Crippen LogP contribution is 2.43. The first-order valence-electron chi connectivity index (χ1n) is 7.66. The van der Waals surface area contributed by atoms with E-state index in [1.165, 1.54) is 38.5 Å². The largest absolute Gasteiger partial charge is 0.389 e. The number of nitrogens with one attached hydrogen (secondary N) is 1. The van der Waals surface area contributed by atoms with Crippen LogP contribution in [0.25, 0.3) is 0 Å². The van der Waals surface area contributed by atoms with Gasteiger partial charge in [0.15, 0.2) is 0 Å². The topological polar surface area (TPSA) is 41.5 Å². The van der Waals surface area contributed by atoms with Crippen molar-refractivity contribution < 1.29 is 9.84 Å². The molecule has 1 spiro atoms. The molecule has 2 aliphatic rings. The van der Waals surface area contributed by atoms with E-state index in [2.05, 4.69) is 12.2 Å². The second-order valence-corrected chi connectivity index (χ2v) is 6.50.